The van der Waals surface area contributed by atoms with Gasteiger partial charge in [-0.05, 0) is 36.4 Å². The van der Waals surface area contributed by atoms with Crippen LogP contribution in [0, 0.1) is 11.8 Å². The van der Waals surface area contributed by atoms with E-state index in [2.05, 4.69) is 46.8 Å². The molecule has 0 amide bonds. The molecule has 0 spiro atoms. The van der Waals surface area contributed by atoms with Crippen molar-refractivity contribution in [3.8, 4) is 11.8 Å². The molecular formula is C18H20N2O. The van der Waals surface area contributed by atoms with Gasteiger partial charge in [0.15, 0.2) is 0 Å². The lowest BCUT2D eigenvalue weighted by atomic mass is 10.1. The number of nitrogens with zero attached hydrogens (tertiary/aromatic N) is 2. The number of aliphatic hydroxyl groups excluding tert-OH is 1. The fraction of sp³-hybridized carbons (Fsp3) is 0.278. The molecule has 1 heterocycles. The van der Waals surface area contributed by atoms with Crippen LogP contribution in [-0.2, 0) is 13.1 Å². The summed E-state index contributed by atoms with van der Waals surface area (Å²) in [6.07, 6.45) is 1.83. The maximum Gasteiger partial charge on any atom is 0.104 e. The number of hydrogen-bond donors (Lipinski definition) is 1. The van der Waals surface area contributed by atoms with Crippen molar-refractivity contribution in [3.05, 3.63) is 65.5 Å². The van der Waals surface area contributed by atoms with Gasteiger partial charge in [-0.15, -0.1) is 0 Å². The summed E-state index contributed by atoms with van der Waals surface area (Å²) in [6.45, 7) is 4.77. The molecule has 3 heteroatoms. The molecular weight excluding hydrogens is 260 g/mol. The first kappa shape index (κ1) is 15.2. The number of pyridine rings is 1. The molecule has 2 rings (SSSR count). The molecule has 0 aliphatic carbocycles. The van der Waals surface area contributed by atoms with Crippen LogP contribution in [0.3, 0.4) is 0 Å². The molecule has 0 saturated heterocycles. The van der Waals surface area contributed by atoms with Gasteiger partial charge in [0, 0.05) is 24.8 Å². The van der Waals surface area contributed by atoms with E-state index in [0.29, 0.717) is 0 Å². The van der Waals surface area contributed by atoms with Crippen LogP contribution in [-0.4, -0.2) is 28.1 Å². The van der Waals surface area contributed by atoms with E-state index in [0.717, 1.165) is 30.9 Å². The van der Waals surface area contributed by atoms with Gasteiger partial charge >= 0.3 is 0 Å². The standard InChI is InChI=1S/C18H20N2O/c1-2-20(15-18-7-3-4-12-19-18)14-17-10-8-16(9-11-17)6-5-13-21/h3-4,7-12,21H,2,13-15H2,1H3. The minimum absolute atomic E-state index is 0.102. The number of rotatable bonds is 5. The van der Waals surface area contributed by atoms with E-state index in [1.54, 1.807) is 0 Å². The zero-order valence-corrected chi connectivity index (χ0v) is 12.3. The predicted octanol–water partition coefficient (Wildman–Crippen LogP) is 2.45. The lowest BCUT2D eigenvalue weighted by Gasteiger charge is -2.20. The largest absolute Gasteiger partial charge is 0.384 e. The van der Waals surface area contributed by atoms with Gasteiger partial charge in [0.05, 0.1) is 5.69 Å². The van der Waals surface area contributed by atoms with E-state index in [4.69, 9.17) is 5.11 Å². The monoisotopic (exact) mass is 280 g/mol. The fourth-order valence-corrected chi connectivity index (χ4v) is 2.09. The van der Waals surface area contributed by atoms with E-state index in [-0.39, 0.29) is 6.61 Å². The summed E-state index contributed by atoms with van der Waals surface area (Å²) in [7, 11) is 0. The maximum atomic E-state index is 8.69. The Kier molecular flexibility index (Phi) is 5.96. The first-order chi connectivity index (χ1) is 10.3. The highest BCUT2D eigenvalue weighted by molar-refractivity contribution is 5.36. The van der Waals surface area contributed by atoms with Crippen molar-refractivity contribution in [2.45, 2.75) is 20.0 Å². The van der Waals surface area contributed by atoms with E-state index >= 15 is 0 Å². The van der Waals surface area contributed by atoms with Crippen molar-refractivity contribution < 1.29 is 5.11 Å². The van der Waals surface area contributed by atoms with Crippen LogP contribution in [0.1, 0.15) is 23.7 Å². The summed E-state index contributed by atoms with van der Waals surface area (Å²) in [5.74, 6) is 5.56. The number of benzene rings is 1. The van der Waals surface area contributed by atoms with E-state index < -0.39 is 0 Å². The van der Waals surface area contributed by atoms with Crippen LogP contribution >= 0.6 is 0 Å². The van der Waals surface area contributed by atoms with Crippen molar-refractivity contribution in [3.63, 3.8) is 0 Å². The Morgan fingerprint density at radius 2 is 1.90 bits per heavy atom. The van der Waals surface area contributed by atoms with Crippen molar-refractivity contribution >= 4 is 0 Å². The highest BCUT2D eigenvalue weighted by atomic mass is 16.2. The van der Waals surface area contributed by atoms with Gasteiger partial charge in [-0.3, -0.25) is 9.88 Å². The molecule has 21 heavy (non-hydrogen) atoms. The second-order valence-electron chi connectivity index (χ2n) is 4.78. The molecule has 2 aromatic rings. The summed E-state index contributed by atoms with van der Waals surface area (Å²) in [5.41, 5.74) is 3.27. The highest BCUT2D eigenvalue weighted by Crippen LogP contribution is 2.09. The first-order valence-corrected chi connectivity index (χ1v) is 7.12. The molecule has 0 bridgehead atoms. The zero-order chi connectivity index (χ0) is 14.9. The lowest BCUT2D eigenvalue weighted by molar-refractivity contribution is 0.268. The molecule has 3 nitrogen and oxygen atoms in total. The minimum atomic E-state index is -0.102. The Labute approximate surface area is 126 Å². The second-order valence-corrected chi connectivity index (χ2v) is 4.78. The van der Waals surface area contributed by atoms with E-state index in [9.17, 15) is 0 Å². The zero-order valence-electron chi connectivity index (χ0n) is 12.3. The molecule has 0 fully saturated rings. The molecule has 108 valence electrons. The summed E-state index contributed by atoms with van der Waals surface area (Å²) >= 11 is 0. The van der Waals surface area contributed by atoms with E-state index in [1.165, 1.54) is 5.56 Å². The van der Waals surface area contributed by atoms with Gasteiger partial charge < -0.3 is 5.11 Å². The lowest BCUT2D eigenvalue weighted by Crippen LogP contribution is -2.22. The maximum absolute atomic E-state index is 8.69. The van der Waals surface area contributed by atoms with Crippen molar-refractivity contribution in [2.75, 3.05) is 13.2 Å². The quantitative estimate of drug-likeness (QED) is 0.855. The predicted molar refractivity (Wildman–Crippen MR) is 84.4 cm³/mol. The molecule has 0 atom stereocenters. The Morgan fingerprint density at radius 3 is 2.52 bits per heavy atom. The summed E-state index contributed by atoms with van der Waals surface area (Å²) in [6, 6.07) is 14.2. The molecule has 1 aromatic carbocycles. The third-order valence-corrected chi connectivity index (χ3v) is 3.23. The number of hydrogen-bond acceptors (Lipinski definition) is 3. The van der Waals surface area contributed by atoms with Crippen LogP contribution in [0.2, 0.25) is 0 Å². The number of aliphatic hydroxyl groups is 1. The van der Waals surface area contributed by atoms with Crippen molar-refractivity contribution in [2.24, 2.45) is 0 Å². The summed E-state index contributed by atoms with van der Waals surface area (Å²) in [4.78, 5) is 6.72. The van der Waals surface area contributed by atoms with Gasteiger partial charge in [-0.2, -0.15) is 0 Å². The minimum Gasteiger partial charge on any atom is -0.384 e. The normalized spacial score (nSPS) is 10.2. The van der Waals surface area contributed by atoms with Gasteiger partial charge in [-0.25, -0.2) is 0 Å². The van der Waals surface area contributed by atoms with Gasteiger partial charge in [-0.1, -0.05) is 37.0 Å². The molecule has 0 unspecified atom stereocenters. The molecule has 1 aromatic heterocycles. The van der Waals surface area contributed by atoms with Gasteiger partial charge in [0.25, 0.3) is 0 Å². The Morgan fingerprint density at radius 1 is 1.10 bits per heavy atom. The molecule has 1 N–H and O–H groups in total. The molecule has 0 saturated carbocycles. The van der Waals surface area contributed by atoms with Crippen molar-refractivity contribution in [1.29, 1.82) is 0 Å². The smallest absolute Gasteiger partial charge is 0.104 e. The SMILES string of the molecule is CCN(Cc1ccc(C#CCO)cc1)Cc1ccccn1. The van der Waals surface area contributed by atoms with Crippen LogP contribution in [0.4, 0.5) is 0 Å². The van der Waals surface area contributed by atoms with Crippen LogP contribution in [0.5, 0.6) is 0 Å². The second kappa shape index (κ2) is 8.21. The summed E-state index contributed by atoms with van der Waals surface area (Å²) < 4.78 is 0. The van der Waals surface area contributed by atoms with E-state index in [1.807, 2.05) is 30.5 Å². The molecule has 0 aliphatic rings. The Balaban J connectivity index is 1.98. The first-order valence-electron chi connectivity index (χ1n) is 7.12. The van der Waals surface area contributed by atoms with Crippen LogP contribution in [0.25, 0.3) is 0 Å². The fourth-order valence-electron chi connectivity index (χ4n) is 2.09. The van der Waals surface area contributed by atoms with Gasteiger partial charge in [0.1, 0.15) is 6.61 Å². The Bertz CT molecular complexity index is 597. The average molecular weight is 280 g/mol. The molecule has 0 aliphatic heterocycles. The van der Waals surface area contributed by atoms with Crippen LogP contribution < -0.4 is 0 Å². The highest BCUT2D eigenvalue weighted by Gasteiger charge is 2.05. The third kappa shape index (κ3) is 5.03. The average Bonchev–Trinajstić information content (AvgIpc) is 2.54. The number of aromatic nitrogens is 1. The van der Waals surface area contributed by atoms with Gasteiger partial charge in [0.2, 0.25) is 0 Å². The van der Waals surface area contributed by atoms with Crippen molar-refractivity contribution in [1.82, 2.24) is 9.88 Å². The van der Waals surface area contributed by atoms with Crippen LogP contribution in [0.15, 0.2) is 48.7 Å². The Hall–Kier alpha value is -2.15. The third-order valence-electron chi connectivity index (χ3n) is 3.23. The summed E-state index contributed by atoms with van der Waals surface area (Å²) in [5, 5.41) is 8.69. The topological polar surface area (TPSA) is 36.4 Å². The molecule has 0 radical (unpaired) electrons.